The van der Waals surface area contributed by atoms with Gasteiger partial charge in [0.2, 0.25) is 0 Å². The summed E-state index contributed by atoms with van der Waals surface area (Å²) in [5.74, 6) is -0.694. The molecule has 0 spiro atoms. The minimum Gasteiger partial charge on any atom is -0.422 e. The standard InChI is InChI=1S/C21H13Br2ClN2O3/c22-14-9-10-19(29-21(28)16-6-2-4-8-18(16)24)13(11-14)12-25-26-20(27)15-5-1-3-7-17(15)23/h1-12H,(H,26,27). The monoisotopic (exact) mass is 534 g/mol. The number of halogens is 3. The van der Waals surface area contributed by atoms with Crippen LogP contribution in [0.5, 0.6) is 5.75 Å². The summed E-state index contributed by atoms with van der Waals surface area (Å²) in [4.78, 5) is 24.7. The Morgan fingerprint density at radius 1 is 0.966 bits per heavy atom. The molecule has 3 aromatic rings. The van der Waals surface area contributed by atoms with Gasteiger partial charge < -0.3 is 4.74 Å². The molecule has 0 radical (unpaired) electrons. The molecule has 0 heterocycles. The van der Waals surface area contributed by atoms with Gasteiger partial charge in [0.05, 0.1) is 22.4 Å². The van der Waals surface area contributed by atoms with Crippen LogP contribution in [-0.2, 0) is 0 Å². The zero-order valence-corrected chi connectivity index (χ0v) is 18.7. The highest BCUT2D eigenvalue weighted by Gasteiger charge is 2.14. The van der Waals surface area contributed by atoms with Gasteiger partial charge in [0, 0.05) is 14.5 Å². The topological polar surface area (TPSA) is 67.8 Å². The predicted octanol–water partition coefficient (Wildman–Crippen LogP) is 5.85. The highest BCUT2D eigenvalue weighted by Crippen LogP contribution is 2.24. The quantitative estimate of drug-likeness (QED) is 0.193. The third-order valence-electron chi connectivity index (χ3n) is 3.76. The fourth-order valence-corrected chi connectivity index (χ4v) is 3.42. The van der Waals surface area contributed by atoms with Gasteiger partial charge in [-0.3, -0.25) is 4.79 Å². The smallest absolute Gasteiger partial charge is 0.345 e. The van der Waals surface area contributed by atoms with Crippen LogP contribution >= 0.6 is 43.5 Å². The number of hydrogen-bond donors (Lipinski definition) is 1. The van der Waals surface area contributed by atoms with Gasteiger partial charge in [-0.2, -0.15) is 5.10 Å². The first-order chi connectivity index (χ1) is 14.0. The summed E-state index contributed by atoms with van der Waals surface area (Å²) in [6.45, 7) is 0. The Morgan fingerprint density at radius 3 is 2.38 bits per heavy atom. The minimum atomic E-state index is -0.593. The summed E-state index contributed by atoms with van der Waals surface area (Å²) in [6, 6.07) is 18.7. The maximum absolute atomic E-state index is 12.4. The van der Waals surface area contributed by atoms with Crippen molar-refractivity contribution < 1.29 is 14.3 Å². The summed E-state index contributed by atoms with van der Waals surface area (Å²) < 4.78 is 6.89. The van der Waals surface area contributed by atoms with Gasteiger partial charge in [-0.25, -0.2) is 10.2 Å². The minimum absolute atomic E-state index is 0.252. The van der Waals surface area contributed by atoms with E-state index in [1.165, 1.54) is 6.21 Å². The molecular weight excluding hydrogens is 524 g/mol. The van der Waals surface area contributed by atoms with Crippen molar-refractivity contribution in [2.24, 2.45) is 5.10 Å². The molecule has 3 aromatic carbocycles. The lowest BCUT2D eigenvalue weighted by Crippen LogP contribution is -2.18. The summed E-state index contributed by atoms with van der Waals surface area (Å²) in [5.41, 5.74) is 3.65. The van der Waals surface area contributed by atoms with Crippen LogP contribution in [0.1, 0.15) is 26.3 Å². The van der Waals surface area contributed by atoms with Crippen molar-refractivity contribution in [1.82, 2.24) is 5.43 Å². The second kappa shape index (κ2) is 9.82. The molecule has 0 aliphatic rings. The van der Waals surface area contributed by atoms with Crippen LogP contribution < -0.4 is 10.2 Å². The van der Waals surface area contributed by atoms with Gasteiger partial charge in [-0.1, -0.05) is 51.8 Å². The zero-order chi connectivity index (χ0) is 20.8. The number of amides is 1. The third-order valence-corrected chi connectivity index (χ3v) is 5.27. The largest absolute Gasteiger partial charge is 0.422 e. The van der Waals surface area contributed by atoms with Gasteiger partial charge in [-0.05, 0) is 58.4 Å². The lowest BCUT2D eigenvalue weighted by atomic mass is 10.2. The molecule has 0 saturated heterocycles. The molecule has 3 rings (SSSR count). The number of ether oxygens (including phenoxy) is 1. The van der Waals surface area contributed by atoms with Crippen LogP contribution in [0.3, 0.4) is 0 Å². The van der Waals surface area contributed by atoms with E-state index in [2.05, 4.69) is 42.4 Å². The summed E-state index contributed by atoms with van der Waals surface area (Å²) in [5, 5.41) is 4.27. The van der Waals surface area contributed by atoms with E-state index < -0.39 is 5.97 Å². The maximum atomic E-state index is 12.4. The van der Waals surface area contributed by atoms with Crippen molar-refractivity contribution in [3.63, 3.8) is 0 Å². The molecule has 0 unspecified atom stereocenters. The Kier molecular flexibility index (Phi) is 7.19. The lowest BCUT2D eigenvalue weighted by Gasteiger charge is -2.09. The molecule has 0 bridgehead atoms. The van der Waals surface area contributed by atoms with Crippen molar-refractivity contribution in [1.29, 1.82) is 0 Å². The highest BCUT2D eigenvalue weighted by atomic mass is 79.9. The molecule has 0 aliphatic carbocycles. The molecule has 0 aliphatic heterocycles. The molecule has 8 heteroatoms. The number of carbonyl (C=O) groups is 2. The summed E-state index contributed by atoms with van der Waals surface area (Å²) >= 11 is 12.7. The predicted molar refractivity (Wildman–Crippen MR) is 120 cm³/mol. The zero-order valence-electron chi connectivity index (χ0n) is 14.7. The number of nitrogens with zero attached hydrogens (tertiary/aromatic N) is 1. The van der Waals surface area contributed by atoms with Crippen LogP contribution in [0.15, 0.2) is 80.8 Å². The molecule has 5 nitrogen and oxygen atoms in total. The Morgan fingerprint density at radius 2 is 1.66 bits per heavy atom. The normalized spacial score (nSPS) is 10.7. The lowest BCUT2D eigenvalue weighted by molar-refractivity contribution is 0.0734. The van der Waals surface area contributed by atoms with E-state index in [0.29, 0.717) is 20.6 Å². The molecular formula is C21H13Br2ClN2O3. The summed E-state index contributed by atoms with van der Waals surface area (Å²) in [6.07, 6.45) is 1.40. The van der Waals surface area contributed by atoms with Crippen molar-refractivity contribution >= 4 is 61.6 Å². The second-order valence-electron chi connectivity index (χ2n) is 5.73. The fraction of sp³-hybridized carbons (Fsp3) is 0. The molecule has 0 fully saturated rings. The Hall–Kier alpha value is -2.48. The van der Waals surface area contributed by atoms with Crippen molar-refractivity contribution in [3.8, 4) is 5.75 Å². The van der Waals surface area contributed by atoms with Crippen LogP contribution in [0.25, 0.3) is 0 Å². The Labute approximate surface area is 189 Å². The Bertz CT molecular complexity index is 1100. The van der Waals surface area contributed by atoms with E-state index >= 15 is 0 Å². The van der Waals surface area contributed by atoms with E-state index in [0.717, 1.165) is 4.47 Å². The number of carbonyl (C=O) groups excluding carboxylic acids is 2. The van der Waals surface area contributed by atoms with E-state index in [1.54, 1.807) is 60.7 Å². The first-order valence-electron chi connectivity index (χ1n) is 8.30. The molecule has 29 heavy (non-hydrogen) atoms. The van der Waals surface area contributed by atoms with Gasteiger partial charge in [0.15, 0.2) is 0 Å². The number of rotatable bonds is 5. The second-order valence-corrected chi connectivity index (χ2v) is 7.91. The van der Waals surface area contributed by atoms with Crippen LogP contribution in [0.4, 0.5) is 0 Å². The number of benzene rings is 3. The first kappa shape index (κ1) is 21.2. The molecule has 0 atom stereocenters. The number of nitrogens with one attached hydrogen (secondary N) is 1. The maximum Gasteiger partial charge on any atom is 0.345 e. The van der Waals surface area contributed by atoms with Crippen molar-refractivity contribution in [3.05, 3.63) is 97.4 Å². The molecule has 1 N–H and O–H groups in total. The molecule has 146 valence electrons. The average Bonchev–Trinajstić information content (AvgIpc) is 2.70. The highest BCUT2D eigenvalue weighted by molar-refractivity contribution is 9.10. The fourth-order valence-electron chi connectivity index (χ4n) is 2.36. The van der Waals surface area contributed by atoms with E-state index in [-0.39, 0.29) is 17.2 Å². The average molecular weight is 537 g/mol. The molecule has 0 aromatic heterocycles. The van der Waals surface area contributed by atoms with E-state index in [4.69, 9.17) is 16.3 Å². The van der Waals surface area contributed by atoms with Crippen LogP contribution in [0, 0.1) is 0 Å². The number of esters is 1. The van der Waals surface area contributed by atoms with Crippen molar-refractivity contribution in [2.75, 3.05) is 0 Å². The van der Waals surface area contributed by atoms with E-state index in [1.807, 2.05) is 6.07 Å². The third kappa shape index (κ3) is 5.53. The SMILES string of the molecule is O=C(Oc1ccc(Br)cc1C=NNC(=O)c1ccccc1Br)c1ccccc1Cl. The molecule has 0 saturated carbocycles. The summed E-state index contributed by atoms with van der Waals surface area (Å²) in [7, 11) is 0. The number of hydrogen-bond acceptors (Lipinski definition) is 4. The van der Waals surface area contributed by atoms with Gasteiger partial charge >= 0.3 is 5.97 Å². The first-order valence-corrected chi connectivity index (χ1v) is 10.3. The van der Waals surface area contributed by atoms with E-state index in [9.17, 15) is 9.59 Å². The van der Waals surface area contributed by atoms with Gasteiger partial charge in [0.1, 0.15) is 5.75 Å². The van der Waals surface area contributed by atoms with Gasteiger partial charge in [0.25, 0.3) is 5.91 Å². The van der Waals surface area contributed by atoms with Crippen LogP contribution in [-0.4, -0.2) is 18.1 Å². The Balaban J connectivity index is 1.77. The van der Waals surface area contributed by atoms with Crippen molar-refractivity contribution in [2.45, 2.75) is 0 Å². The van der Waals surface area contributed by atoms with Gasteiger partial charge in [-0.15, -0.1) is 0 Å². The number of hydrazone groups is 1. The van der Waals surface area contributed by atoms with Crippen LogP contribution in [0.2, 0.25) is 5.02 Å². The molecule has 1 amide bonds.